The maximum atomic E-state index is 5.36. The summed E-state index contributed by atoms with van der Waals surface area (Å²) in [6, 6.07) is 7.35. The van der Waals surface area contributed by atoms with Crippen LogP contribution in [-0.4, -0.2) is 33.4 Å². The fourth-order valence-corrected chi connectivity index (χ4v) is 2.07. The van der Waals surface area contributed by atoms with Crippen LogP contribution >= 0.6 is 0 Å². The lowest BCUT2D eigenvalue weighted by molar-refractivity contribution is 0.352. The third-order valence-electron chi connectivity index (χ3n) is 3.18. The number of pyridine rings is 1. The monoisotopic (exact) mass is 301 g/mol. The minimum Gasteiger partial charge on any atom is -0.497 e. The summed E-state index contributed by atoms with van der Waals surface area (Å²) in [6.07, 6.45) is 5.41. The van der Waals surface area contributed by atoms with Gasteiger partial charge < -0.3 is 18.9 Å². The second-order valence-corrected chi connectivity index (χ2v) is 4.37. The average Bonchev–Trinajstić information content (AvgIpc) is 2.58. The van der Waals surface area contributed by atoms with Crippen molar-refractivity contribution in [2.75, 3.05) is 28.4 Å². The predicted molar refractivity (Wildman–Crippen MR) is 85.8 cm³/mol. The number of methoxy groups -OCH3 is 4. The summed E-state index contributed by atoms with van der Waals surface area (Å²) in [5.74, 6) is 2.72. The predicted octanol–water partition coefficient (Wildman–Crippen LogP) is 3.29. The van der Waals surface area contributed by atoms with Gasteiger partial charge in [-0.1, -0.05) is 0 Å². The Morgan fingerprint density at radius 3 is 2.23 bits per heavy atom. The molecule has 0 aliphatic carbocycles. The van der Waals surface area contributed by atoms with Gasteiger partial charge in [-0.15, -0.1) is 0 Å². The highest BCUT2D eigenvalue weighted by Crippen LogP contribution is 2.31. The van der Waals surface area contributed by atoms with E-state index < -0.39 is 0 Å². The van der Waals surface area contributed by atoms with Crippen LogP contribution < -0.4 is 18.9 Å². The summed E-state index contributed by atoms with van der Waals surface area (Å²) in [7, 11) is 6.44. The molecule has 0 amide bonds. The Kier molecular flexibility index (Phi) is 5.25. The molecule has 1 aromatic heterocycles. The van der Waals surface area contributed by atoms with E-state index in [9.17, 15) is 0 Å². The molecule has 0 unspecified atom stereocenters. The second kappa shape index (κ2) is 7.36. The van der Waals surface area contributed by atoms with Gasteiger partial charge in [0.15, 0.2) is 11.5 Å². The van der Waals surface area contributed by atoms with Crippen LogP contribution in [0.25, 0.3) is 12.2 Å². The zero-order valence-corrected chi connectivity index (χ0v) is 13.1. The zero-order valence-electron chi connectivity index (χ0n) is 13.1. The SMILES string of the molecule is COc1ccc(OC)c(/C=C/c2nccc(OC)c2OC)c1. The second-order valence-electron chi connectivity index (χ2n) is 4.37. The molecule has 0 spiro atoms. The molecule has 0 fully saturated rings. The number of benzene rings is 1. The van der Waals surface area contributed by atoms with Crippen molar-refractivity contribution in [3.8, 4) is 23.0 Å². The molecule has 0 radical (unpaired) electrons. The standard InChI is InChI=1S/C17H19NO4/c1-19-13-6-8-15(20-2)12(11-13)5-7-14-17(22-4)16(21-3)9-10-18-14/h5-11H,1-4H3/b7-5+. The molecule has 0 saturated heterocycles. The van der Waals surface area contributed by atoms with E-state index in [1.54, 1.807) is 40.7 Å². The first kappa shape index (κ1) is 15.7. The Balaban J connectivity index is 2.40. The highest BCUT2D eigenvalue weighted by Gasteiger charge is 2.09. The smallest absolute Gasteiger partial charge is 0.186 e. The van der Waals surface area contributed by atoms with E-state index >= 15 is 0 Å². The normalized spacial score (nSPS) is 10.5. The van der Waals surface area contributed by atoms with Gasteiger partial charge in [-0.2, -0.15) is 0 Å². The third kappa shape index (κ3) is 3.31. The Morgan fingerprint density at radius 2 is 1.59 bits per heavy atom. The van der Waals surface area contributed by atoms with Gasteiger partial charge in [0, 0.05) is 17.8 Å². The summed E-state index contributed by atoms with van der Waals surface area (Å²) in [4.78, 5) is 4.31. The quantitative estimate of drug-likeness (QED) is 0.819. The number of hydrogen-bond acceptors (Lipinski definition) is 5. The molecule has 0 aliphatic heterocycles. The van der Waals surface area contributed by atoms with Crippen LogP contribution in [0, 0.1) is 0 Å². The van der Waals surface area contributed by atoms with Crippen molar-refractivity contribution >= 4 is 12.2 Å². The Morgan fingerprint density at radius 1 is 0.818 bits per heavy atom. The van der Waals surface area contributed by atoms with E-state index in [4.69, 9.17) is 18.9 Å². The molecule has 0 aliphatic rings. The first-order valence-corrected chi connectivity index (χ1v) is 6.70. The van der Waals surface area contributed by atoms with Crippen molar-refractivity contribution < 1.29 is 18.9 Å². The molecule has 5 heteroatoms. The molecule has 0 saturated carbocycles. The zero-order chi connectivity index (χ0) is 15.9. The molecule has 116 valence electrons. The van der Waals surface area contributed by atoms with Gasteiger partial charge in [0.1, 0.15) is 17.2 Å². The van der Waals surface area contributed by atoms with Crippen LogP contribution in [0.3, 0.4) is 0 Å². The van der Waals surface area contributed by atoms with Crippen molar-refractivity contribution in [2.45, 2.75) is 0 Å². The maximum absolute atomic E-state index is 5.36. The number of rotatable bonds is 6. The Labute approximate surface area is 130 Å². The third-order valence-corrected chi connectivity index (χ3v) is 3.18. The minimum atomic E-state index is 0.586. The van der Waals surface area contributed by atoms with Crippen molar-refractivity contribution in [2.24, 2.45) is 0 Å². The number of aromatic nitrogens is 1. The van der Waals surface area contributed by atoms with Crippen molar-refractivity contribution in [1.82, 2.24) is 4.98 Å². The van der Waals surface area contributed by atoms with Gasteiger partial charge >= 0.3 is 0 Å². The molecule has 1 aromatic carbocycles. The number of ether oxygens (including phenoxy) is 4. The van der Waals surface area contributed by atoms with Gasteiger partial charge in [-0.25, -0.2) is 0 Å². The van der Waals surface area contributed by atoms with E-state index in [2.05, 4.69) is 4.98 Å². The largest absolute Gasteiger partial charge is 0.497 e. The lowest BCUT2D eigenvalue weighted by atomic mass is 10.1. The topological polar surface area (TPSA) is 49.8 Å². The van der Waals surface area contributed by atoms with Crippen LogP contribution in [-0.2, 0) is 0 Å². The Hall–Kier alpha value is -2.69. The molecule has 0 atom stereocenters. The molecule has 2 aromatic rings. The summed E-state index contributed by atoms with van der Waals surface area (Å²) >= 11 is 0. The summed E-state index contributed by atoms with van der Waals surface area (Å²) in [5.41, 5.74) is 1.56. The van der Waals surface area contributed by atoms with Gasteiger partial charge in [0.25, 0.3) is 0 Å². The van der Waals surface area contributed by atoms with Crippen LogP contribution in [0.15, 0.2) is 30.5 Å². The van der Waals surface area contributed by atoms with Crippen LogP contribution in [0.4, 0.5) is 0 Å². The summed E-state index contributed by atoms with van der Waals surface area (Å²) < 4.78 is 21.2. The first-order chi connectivity index (χ1) is 10.7. The fourth-order valence-electron chi connectivity index (χ4n) is 2.07. The first-order valence-electron chi connectivity index (χ1n) is 6.70. The Bertz CT molecular complexity index is 664. The molecule has 0 bridgehead atoms. The molecule has 1 heterocycles. The number of hydrogen-bond donors (Lipinski definition) is 0. The maximum Gasteiger partial charge on any atom is 0.186 e. The van der Waals surface area contributed by atoms with E-state index in [0.717, 1.165) is 17.1 Å². The van der Waals surface area contributed by atoms with Crippen molar-refractivity contribution in [1.29, 1.82) is 0 Å². The van der Waals surface area contributed by atoms with Crippen LogP contribution in [0.5, 0.6) is 23.0 Å². The van der Waals surface area contributed by atoms with Crippen LogP contribution in [0.1, 0.15) is 11.3 Å². The minimum absolute atomic E-state index is 0.586. The van der Waals surface area contributed by atoms with E-state index in [-0.39, 0.29) is 0 Å². The van der Waals surface area contributed by atoms with Gasteiger partial charge in [-0.05, 0) is 30.4 Å². The molecule has 0 N–H and O–H groups in total. The van der Waals surface area contributed by atoms with E-state index in [1.165, 1.54) is 0 Å². The highest BCUT2D eigenvalue weighted by molar-refractivity contribution is 5.75. The molecule has 5 nitrogen and oxygen atoms in total. The van der Waals surface area contributed by atoms with Crippen molar-refractivity contribution in [3.63, 3.8) is 0 Å². The highest BCUT2D eigenvalue weighted by atomic mass is 16.5. The fraction of sp³-hybridized carbons (Fsp3) is 0.235. The average molecular weight is 301 g/mol. The van der Waals surface area contributed by atoms with Gasteiger partial charge in [-0.3, -0.25) is 4.98 Å². The summed E-state index contributed by atoms with van der Waals surface area (Å²) in [5, 5.41) is 0. The summed E-state index contributed by atoms with van der Waals surface area (Å²) in [6.45, 7) is 0. The van der Waals surface area contributed by atoms with E-state index in [1.807, 2.05) is 30.4 Å². The molecule has 2 rings (SSSR count). The van der Waals surface area contributed by atoms with Crippen LogP contribution in [0.2, 0.25) is 0 Å². The lowest BCUT2D eigenvalue weighted by Gasteiger charge is -2.10. The molecular formula is C17H19NO4. The number of nitrogens with zero attached hydrogens (tertiary/aromatic N) is 1. The molecule has 22 heavy (non-hydrogen) atoms. The van der Waals surface area contributed by atoms with Gasteiger partial charge in [0.05, 0.1) is 28.4 Å². The van der Waals surface area contributed by atoms with E-state index in [0.29, 0.717) is 17.2 Å². The van der Waals surface area contributed by atoms with Crippen molar-refractivity contribution in [3.05, 3.63) is 41.7 Å². The molecular weight excluding hydrogens is 282 g/mol. The lowest BCUT2D eigenvalue weighted by Crippen LogP contribution is -1.95. The van der Waals surface area contributed by atoms with Gasteiger partial charge in [0.2, 0.25) is 0 Å².